The summed E-state index contributed by atoms with van der Waals surface area (Å²) in [6, 6.07) is 7.42. The Hall–Kier alpha value is -2.23. The second-order valence-corrected chi connectivity index (χ2v) is 10.7. The van der Waals surface area contributed by atoms with E-state index >= 15 is 0 Å². The first-order valence-electron chi connectivity index (χ1n) is 10.4. The van der Waals surface area contributed by atoms with Crippen LogP contribution in [0.3, 0.4) is 0 Å². The highest BCUT2D eigenvalue weighted by Gasteiger charge is 2.37. The number of hydrogen-bond donors (Lipinski definition) is 1. The fourth-order valence-corrected chi connectivity index (χ4v) is 5.27. The molecular formula is C22H24ClF2N3O3S. The zero-order valence-electron chi connectivity index (χ0n) is 17.6. The first-order chi connectivity index (χ1) is 15.1. The van der Waals surface area contributed by atoms with Crippen LogP contribution in [-0.2, 0) is 16.6 Å². The first-order valence-corrected chi connectivity index (χ1v) is 12.3. The highest BCUT2D eigenvalue weighted by atomic mass is 35.5. The van der Waals surface area contributed by atoms with Gasteiger partial charge in [0.25, 0.3) is 5.91 Å². The summed E-state index contributed by atoms with van der Waals surface area (Å²) < 4.78 is 53.9. The molecule has 1 heterocycles. The van der Waals surface area contributed by atoms with Gasteiger partial charge >= 0.3 is 0 Å². The molecule has 0 spiro atoms. The summed E-state index contributed by atoms with van der Waals surface area (Å²) >= 11 is 6.30. The molecule has 2 aromatic carbocycles. The van der Waals surface area contributed by atoms with Crippen molar-refractivity contribution in [3.63, 3.8) is 0 Å². The number of carbonyl (C=O) groups is 1. The fraction of sp³-hybridized carbons (Fsp3) is 0.409. The lowest BCUT2D eigenvalue weighted by molar-refractivity contribution is 0.0977. The molecule has 4 rings (SSSR count). The number of sulfonamides is 1. The molecule has 0 aromatic heterocycles. The van der Waals surface area contributed by atoms with E-state index in [9.17, 15) is 22.0 Å². The lowest BCUT2D eigenvalue weighted by atomic mass is 10.1. The standard InChI is InChI=1S/C22H24ClF2N3O3S/c1-14-10-16(2-5-20(14)24)28-8-6-27(7-9-28)13-15-11-21(25)18(12-19(15)23)22(29)26-32(30,31)17-3-4-17/h2,5,10-12,17H,3-4,6-9,13H2,1H3,(H,26,29). The normalized spacial score (nSPS) is 17.4. The summed E-state index contributed by atoms with van der Waals surface area (Å²) in [6.45, 7) is 4.99. The molecule has 0 atom stereocenters. The summed E-state index contributed by atoms with van der Waals surface area (Å²) in [5, 5.41) is -0.376. The van der Waals surface area contributed by atoms with Crippen molar-refractivity contribution < 1.29 is 22.0 Å². The van der Waals surface area contributed by atoms with Gasteiger partial charge in [-0.3, -0.25) is 9.69 Å². The Morgan fingerprint density at radius 3 is 2.41 bits per heavy atom. The van der Waals surface area contributed by atoms with Gasteiger partial charge in [0.05, 0.1) is 10.8 Å². The molecule has 2 fully saturated rings. The van der Waals surface area contributed by atoms with Gasteiger partial charge in [0.15, 0.2) is 0 Å². The third-order valence-corrected chi connectivity index (χ3v) is 8.02. The molecule has 172 valence electrons. The minimum Gasteiger partial charge on any atom is -0.369 e. The van der Waals surface area contributed by atoms with Crippen LogP contribution in [0.2, 0.25) is 5.02 Å². The minimum absolute atomic E-state index is 0.206. The summed E-state index contributed by atoms with van der Waals surface area (Å²) in [5.74, 6) is -2.05. The highest BCUT2D eigenvalue weighted by molar-refractivity contribution is 7.91. The lowest BCUT2D eigenvalue weighted by Crippen LogP contribution is -2.46. The summed E-state index contributed by atoms with van der Waals surface area (Å²) in [5.41, 5.74) is 1.70. The van der Waals surface area contributed by atoms with Crippen LogP contribution in [0.4, 0.5) is 14.5 Å². The number of anilines is 1. The van der Waals surface area contributed by atoms with Crippen molar-refractivity contribution >= 4 is 33.2 Å². The van der Waals surface area contributed by atoms with Crippen molar-refractivity contribution in [3.05, 3.63) is 63.7 Å². The van der Waals surface area contributed by atoms with E-state index in [0.717, 1.165) is 18.8 Å². The lowest BCUT2D eigenvalue weighted by Gasteiger charge is -2.36. The van der Waals surface area contributed by atoms with Crippen molar-refractivity contribution in [2.75, 3.05) is 31.1 Å². The smallest absolute Gasteiger partial charge is 0.267 e. The molecule has 6 nitrogen and oxygen atoms in total. The Morgan fingerprint density at radius 1 is 1.09 bits per heavy atom. The van der Waals surface area contributed by atoms with E-state index < -0.39 is 27.0 Å². The van der Waals surface area contributed by atoms with Gasteiger partial charge in [-0.15, -0.1) is 0 Å². The van der Waals surface area contributed by atoms with Gasteiger partial charge in [0.2, 0.25) is 10.0 Å². The molecule has 1 amide bonds. The van der Waals surface area contributed by atoms with Gasteiger partial charge < -0.3 is 4.90 Å². The molecule has 1 N–H and O–H groups in total. The molecule has 2 aliphatic rings. The molecule has 0 bridgehead atoms. The van der Waals surface area contributed by atoms with Gasteiger partial charge in [0, 0.05) is 43.4 Å². The van der Waals surface area contributed by atoms with E-state index in [1.807, 2.05) is 10.8 Å². The van der Waals surface area contributed by atoms with Crippen molar-refractivity contribution in [2.45, 2.75) is 31.6 Å². The average Bonchev–Trinajstić information content (AvgIpc) is 3.59. The number of piperazine rings is 1. The minimum atomic E-state index is -3.77. The number of amides is 1. The van der Waals surface area contributed by atoms with E-state index in [1.165, 1.54) is 18.2 Å². The van der Waals surface area contributed by atoms with Gasteiger partial charge in [-0.2, -0.15) is 0 Å². The van der Waals surface area contributed by atoms with Crippen molar-refractivity contribution in [1.29, 1.82) is 0 Å². The Labute approximate surface area is 191 Å². The second kappa shape index (κ2) is 8.96. The number of benzene rings is 2. The van der Waals surface area contributed by atoms with Gasteiger partial charge in [0.1, 0.15) is 11.6 Å². The van der Waals surface area contributed by atoms with E-state index in [4.69, 9.17) is 11.6 Å². The first kappa shape index (κ1) is 22.9. The summed E-state index contributed by atoms with van der Waals surface area (Å²) in [4.78, 5) is 16.5. The number of aryl methyl sites for hydroxylation is 1. The zero-order valence-corrected chi connectivity index (χ0v) is 19.1. The third kappa shape index (κ3) is 5.05. The molecule has 1 saturated carbocycles. The second-order valence-electron chi connectivity index (χ2n) is 8.30. The average molecular weight is 484 g/mol. The Bertz CT molecular complexity index is 1150. The molecule has 2 aromatic rings. The SMILES string of the molecule is Cc1cc(N2CCN(Cc3cc(F)c(C(=O)NS(=O)(=O)C4CC4)cc3Cl)CC2)ccc1F. The molecule has 10 heteroatoms. The van der Waals surface area contributed by atoms with Crippen LogP contribution in [0, 0.1) is 18.6 Å². The quantitative estimate of drug-likeness (QED) is 0.681. The van der Waals surface area contributed by atoms with Crippen LogP contribution in [0.5, 0.6) is 0 Å². The number of nitrogens with zero attached hydrogens (tertiary/aromatic N) is 2. The van der Waals surface area contributed by atoms with Crippen molar-refractivity contribution in [2.24, 2.45) is 0 Å². The predicted molar refractivity (Wildman–Crippen MR) is 119 cm³/mol. The maximum Gasteiger partial charge on any atom is 0.267 e. The number of rotatable bonds is 6. The monoisotopic (exact) mass is 483 g/mol. The largest absolute Gasteiger partial charge is 0.369 e. The van der Waals surface area contributed by atoms with Crippen molar-refractivity contribution in [1.82, 2.24) is 9.62 Å². The molecule has 1 aliphatic heterocycles. The molecule has 1 saturated heterocycles. The summed E-state index contributed by atoms with van der Waals surface area (Å²) in [6.07, 6.45) is 0.998. The van der Waals surface area contributed by atoms with E-state index in [-0.39, 0.29) is 16.4 Å². The number of nitrogens with one attached hydrogen (secondary N) is 1. The Morgan fingerprint density at radius 2 is 1.78 bits per heavy atom. The zero-order chi connectivity index (χ0) is 23.0. The topological polar surface area (TPSA) is 69.7 Å². The summed E-state index contributed by atoms with van der Waals surface area (Å²) in [7, 11) is -3.77. The highest BCUT2D eigenvalue weighted by Crippen LogP contribution is 2.28. The van der Waals surface area contributed by atoms with Crippen LogP contribution in [0.25, 0.3) is 0 Å². The Balaban J connectivity index is 1.39. The fourth-order valence-electron chi connectivity index (χ4n) is 3.76. The third-order valence-electron chi connectivity index (χ3n) is 5.85. The maximum atomic E-state index is 14.6. The molecule has 0 radical (unpaired) electrons. The van der Waals surface area contributed by atoms with Crippen LogP contribution in [-0.4, -0.2) is 50.7 Å². The molecule has 32 heavy (non-hydrogen) atoms. The van der Waals surface area contributed by atoms with Crippen LogP contribution < -0.4 is 9.62 Å². The predicted octanol–water partition coefficient (Wildman–Crippen LogP) is 3.47. The van der Waals surface area contributed by atoms with E-state index in [1.54, 1.807) is 13.0 Å². The van der Waals surface area contributed by atoms with Gasteiger partial charge in [-0.25, -0.2) is 21.9 Å². The van der Waals surface area contributed by atoms with Crippen LogP contribution in [0.15, 0.2) is 30.3 Å². The molecule has 1 aliphatic carbocycles. The van der Waals surface area contributed by atoms with Crippen LogP contribution >= 0.6 is 11.6 Å². The van der Waals surface area contributed by atoms with Crippen molar-refractivity contribution in [3.8, 4) is 0 Å². The number of halogens is 3. The van der Waals surface area contributed by atoms with Gasteiger partial charge in [-0.1, -0.05) is 11.6 Å². The number of carbonyl (C=O) groups excluding carboxylic acids is 1. The van der Waals surface area contributed by atoms with E-state index in [0.29, 0.717) is 43.6 Å². The Kier molecular flexibility index (Phi) is 6.42. The molecule has 0 unspecified atom stereocenters. The van der Waals surface area contributed by atoms with Crippen LogP contribution in [0.1, 0.15) is 34.3 Å². The molecular weight excluding hydrogens is 460 g/mol. The number of hydrogen-bond acceptors (Lipinski definition) is 5. The van der Waals surface area contributed by atoms with E-state index in [2.05, 4.69) is 9.80 Å². The maximum absolute atomic E-state index is 14.6. The van der Waals surface area contributed by atoms with Gasteiger partial charge in [-0.05, 0) is 61.2 Å².